The molecule has 0 saturated carbocycles. The van der Waals surface area contributed by atoms with Gasteiger partial charge in [0.1, 0.15) is 5.75 Å². The molecular formula is C15H25NO3S. The van der Waals surface area contributed by atoms with Crippen LogP contribution in [0.4, 0.5) is 0 Å². The van der Waals surface area contributed by atoms with Crippen LogP contribution in [0.3, 0.4) is 0 Å². The van der Waals surface area contributed by atoms with Crippen LogP contribution in [0.5, 0.6) is 5.75 Å². The smallest absolute Gasteiger partial charge is 0.238 e. The van der Waals surface area contributed by atoms with Crippen molar-refractivity contribution in [2.75, 3.05) is 6.61 Å². The molecule has 1 rings (SSSR count). The molecule has 0 aromatic heterocycles. The minimum absolute atomic E-state index is 0.172. The highest BCUT2D eigenvalue weighted by molar-refractivity contribution is 7.89. The van der Waals surface area contributed by atoms with Gasteiger partial charge in [0.25, 0.3) is 0 Å². The monoisotopic (exact) mass is 299 g/mol. The van der Waals surface area contributed by atoms with Crippen LogP contribution in [0, 0.1) is 13.8 Å². The number of ether oxygens (including phenoxy) is 1. The lowest BCUT2D eigenvalue weighted by atomic mass is 10.1. The molecule has 0 amide bonds. The van der Waals surface area contributed by atoms with Crippen molar-refractivity contribution in [1.29, 1.82) is 0 Å². The normalized spacial score (nSPS) is 11.6. The molecule has 0 aliphatic rings. The molecule has 0 heterocycles. The predicted octanol–water partition coefficient (Wildman–Crippen LogP) is 3.30. The Kier molecular flexibility index (Phi) is 6.49. The number of nitrogens with two attached hydrogens (primary N) is 1. The Morgan fingerprint density at radius 2 is 1.70 bits per heavy atom. The first-order valence-corrected chi connectivity index (χ1v) is 8.67. The number of aryl methyl sites for hydroxylation is 2. The third-order valence-corrected chi connectivity index (χ3v) is 4.34. The minimum Gasteiger partial charge on any atom is -0.493 e. The van der Waals surface area contributed by atoms with Gasteiger partial charge in [-0.2, -0.15) is 0 Å². The van der Waals surface area contributed by atoms with Crippen molar-refractivity contribution in [3.63, 3.8) is 0 Å². The molecule has 0 aliphatic heterocycles. The van der Waals surface area contributed by atoms with Crippen LogP contribution in [0.2, 0.25) is 0 Å². The van der Waals surface area contributed by atoms with Gasteiger partial charge in [-0.25, -0.2) is 13.6 Å². The first-order valence-electron chi connectivity index (χ1n) is 7.13. The molecular weight excluding hydrogens is 274 g/mol. The van der Waals surface area contributed by atoms with Gasteiger partial charge in [-0.15, -0.1) is 0 Å². The first kappa shape index (κ1) is 17.0. The number of rotatable bonds is 8. The summed E-state index contributed by atoms with van der Waals surface area (Å²) in [6.45, 7) is 6.42. The zero-order chi connectivity index (χ0) is 15.2. The van der Waals surface area contributed by atoms with Crippen LogP contribution < -0.4 is 9.88 Å². The fraction of sp³-hybridized carbons (Fsp3) is 0.600. The molecule has 0 atom stereocenters. The van der Waals surface area contributed by atoms with E-state index in [2.05, 4.69) is 6.92 Å². The van der Waals surface area contributed by atoms with E-state index >= 15 is 0 Å². The quantitative estimate of drug-likeness (QED) is 0.749. The number of hydrogen-bond acceptors (Lipinski definition) is 3. The number of hydrogen-bond donors (Lipinski definition) is 1. The SMILES string of the molecule is CCCCCCCOc1cc(C)c(S(N)(=O)=O)cc1C. The maximum atomic E-state index is 11.4. The fourth-order valence-corrected chi connectivity index (χ4v) is 2.96. The van der Waals surface area contributed by atoms with E-state index < -0.39 is 10.0 Å². The van der Waals surface area contributed by atoms with Crippen LogP contribution in [-0.4, -0.2) is 15.0 Å². The van der Waals surface area contributed by atoms with Crippen molar-refractivity contribution < 1.29 is 13.2 Å². The Morgan fingerprint density at radius 1 is 1.05 bits per heavy atom. The van der Waals surface area contributed by atoms with E-state index in [1.165, 1.54) is 25.7 Å². The van der Waals surface area contributed by atoms with E-state index in [-0.39, 0.29) is 4.90 Å². The van der Waals surface area contributed by atoms with E-state index in [0.717, 1.165) is 17.7 Å². The molecule has 0 unspecified atom stereocenters. The van der Waals surface area contributed by atoms with Crippen LogP contribution in [0.15, 0.2) is 17.0 Å². The molecule has 0 radical (unpaired) electrons. The highest BCUT2D eigenvalue weighted by Gasteiger charge is 2.14. The van der Waals surface area contributed by atoms with Gasteiger partial charge in [0.15, 0.2) is 0 Å². The molecule has 0 fully saturated rings. The van der Waals surface area contributed by atoms with Crippen LogP contribution >= 0.6 is 0 Å². The van der Waals surface area contributed by atoms with E-state index in [9.17, 15) is 8.42 Å². The number of primary sulfonamides is 1. The molecule has 114 valence electrons. The van der Waals surface area contributed by atoms with E-state index in [4.69, 9.17) is 9.88 Å². The zero-order valence-corrected chi connectivity index (χ0v) is 13.4. The molecule has 0 aliphatic carbocycles. The number of sulfonamides is 1. The van der Waals surface area contributed by atoms with Crippen molar-refractivity contribution in [2.45, 2.75) is 57.8 Å². The second kappa shape index (κ2) is 7.64. The number of benzene rings is 1. The van der Waals surface area contributed by atoms with Crippen molar-refractivity contribution in [1.82, 2.24) is 0 Å². The van der Waals surface area contributed by atoms with E-state index in [1.54, 1.807) is 19.1 Å². The van der Waals surface area contributed by atoms with Crippen molar-refractivity contribution >= 4 is 10.0 Å². The lowest BCUT2D eigenvalue weighted by Gasteiger charge is -2.12. The Hall–Kier alpha value is -1.07. The van der Waals surface area contributed by atoms with Gasteiger partial charge in [0.05, 0.1) is 11.5 Å². The molecule has 0 spiro atoms. The average molecular weight is 299 g/mol. The fourth-order valence-electron chi connectivity index (χ4n) is 2.11. The molecule has 1 aromatic rings. The summed E-state index contributed by atoms with van der Waals surface area (Å²) in [7, 11) is -3.66. The Balaban J connectivity index is 2.62. The summed E-state index contributed by atoms with van der Waals surface area (Å²) in [6.07, 6.45) is 5.92. The third-order valence-electron chi connectivity index (χ3n) is 3.28. The summed E-state index contributed by atoms with van der Waals surface area (Å²) in [5.74, 6) is 0.741. The molecule has 0 bridgehead atoms. The van der Waals surface area contributed by atoms with Crippen LogP contribution in [-0.2, 0) is 10.0 Å². The molecule has 4 nitrogen and oxygen atoms in total. The van der Waals surface area contributed by atoms with Crippen molar-refractivity contribution in [3.8, 4) is 5.75 Å². The molecule has 5 heteroatoms. The Morgan fingerprint density at radius 3 is 2.30 bits per heavy atom. The zero-order valence-electron chi connectivity index (χ0n) is 12.6. The second-order valence-electron chi connectivity index (χ2n) is 5.19. The van der Waals surface area contributed by atoms with Gasteiger partial charge < -0.3 is 4.74 Å². The Bertz CT molecular complexity index is 538. The molecule has 0 saturated heterocycles. The van der Waals surface area contributed by atoms with Gasteiger partial charge in [-0.05, 0) is 43.5 Å². The van der Waals surface area contributed by atoms with Gasteiger partial charge in [-0.1, -0.05) is 32.6 Å². The predicted molar refractivity (Wildman–Crippen MR) is 81.5 cm³/mol. The standard InChI is InChI=1S/C15H25NO3S/c1-4-5-6-7-8-9-19-14-10-13(3)15(11-12(14)2)20(16,17)18/h10-11H,4-9H2,1-3H3,(H2,16,17,18). The topological polar surface area (TPSA) is 69.4 Å². The van der Waals surface area contributed by atoms with Crippen LogP contribution in [0.1, 0.15) is 50.2 Å². The highest BCUT2D eigenvalue weighted by Crippen LogP contribution is 2.25. The average Bonchev–Trinajstić information content (AvgIpc) is 2.35. The van der Waals surface area contributed by atoms with Gasteiger partial charge >= 0.3 is 0 Å². The summed E-state index contributed by atoms with van der Waals surface area (Å²) < 4.78 is 28.6. The number of unbranched alkanes of at least 4 members (excludes halogenated alkanes) is 4. The third kappa shape index (κ3) is 5.13. The highest BCUT2D eigenvalue weighted by atomic mass is 32.2. The Labute approximate surface area is 122 Å². The minimum atomic E-state index is -3.66. The summed E-state index contributed by atoms with van der Waals surface area (Å²) in [5.41, 5.74) is 1.42. The molecule has 2 N–H and O–H groups in total. The maximum absolute atomic E-state index is 11.4. The van der Waals surface area contributed by atoms with Gasteiger partial charge in [0.2, 0.25) is 10.0 Å². The largest absolute Gasteiger partial charge is 0.493 e. The molecule has 1 aromatic carbocycles. The lowest BCUT2D eigenvalue weighted by molar-refractivity contribution is 0.302. The van der Waals surface area contributed by atoms with E-state index in [1.807, 2.05) is 6.92 Å². The summed E-state index contributed by atoms with van der Waals surface area (Å²) in [5, 5.41) is 5.18. The lowest BCUT2D eigenvalue weighted by Crippen LogP contribution is -2.14. The maximum Gasteiger partial charge on any atom is 0.238 e. The summed E-state index contributed by atoms with van der Waals surface area (Å²) >= 11 is 0. The van der Waals surface area contributed by atoms with Gasteiger partial charge in [-0.3, -0.25) is 0 Å². The van der Waals surface area contributed by atoms with Crippen molar-refractivity contribution in [3.05, 3.63) is 23.3 Å². The van der Waals surface area contributed by atoms with E-state index in [0.29, 0.717) is 12.2 Å². The molecule has 20 heavy (non-hydrogen) atoms. The van der Waals surface area contributed by atoms with Crippen LogP contribution in [0.25, 0.3) is 0 Å². The van der Waals surface area contributed by atoms with Crippen molar-refractivity contribution in [2.24, 2.45) is 5.14 Å². The van der Waals surface area contributed by atoms with Gasteiger partial charge in [0, 0.05) is 0 Å². The first-order chi connectivity index (χ1) is 9.36. The second-order valence-corrected chi connectivity index (χ2v) is 6.72. The summed E-state index contributed by atoms with van der Waals surface area (Å²) in [4.78, 5) is 0.172. The summed E-state index contributed by atoms with van der Waals surface area (Å²) in [6, 6.07) is 3.33.